The van der Waals surface area contributed by atoms with Crippen molar-refractivity contribution in [1.29, 1.82) is 0 Å². The van der Waals surface area contributed by atoms with Gasteiger partial charge >= 0.3 is 0 Å². The third-order valence-corrected chi connectivity index (χ3v) is 6.50. The van der Waals surface area contributed by atoms with Gasteiger partial charge in [-0.25, -0.2) is 13.1 Å². The molecule has 0 unspecified atom stereocenters. The fourth-order valence-electron chi connectivity index (χ4n) is 2.23. The number of benzene rings is 1. The lowest BCUT2D eigenvalue weighted by atomic mass is 10.1. The van der Waals surface area contributed by atoms with Crippen LogP contribution in [-0.2, 0) is 16.4 Å². The minimum Gasteiger partial charge on any atom is -0.497 e. The maximum atomic E-state index is 12.4. The van der Waals surface area contributed by atoms with Gasteiger partial charge in [0.1, 0.15) is 9.96 Å². The van der Waals surface area contributed by atoms with Gasteiger partial charge in [0.05, 0.1) is 7.11 Å². The second-order valence-electron chi connectivity index (χ2n) is 5.22. The van der Waals surface area contributed by atoms with Crippen molar-refractivity contribution in [3.8, 4) is 5.75 Å². The van der Waals surface area contributed by atoms with Gasteiger partial charge in [-0.2, -0.15) is 0 Å². The molecule has 0 amide bonds. The van der Waals surface area contributed by atoms with Crippen LogP contribution in [0, 0.1) is 6.92 Å². The van der Waals surface area contributed by atoms with Gasteiger partial charge in [-0.1, -0.05) is 31.9 Å². The van der Waals surface area contributed by atoms with Gasteiger partial charge < -0.3 is 4.74 Å². The van der Waals surface area contributed by atoms with Gasteiger partial charge in [0.15, 0.2) is 0 Å². The van der Waals surface area contributed by atoms with Crippen LogP contribution >= 0.6 is 11.3 Å². The summed E-state index contributed by atoms with van der Waals surface area (Å²) in [6.07, 6.45) is 3.14. The number of hydrogen-bond donors (Lipinski definition) is 1. The normalized spacial score (nSPS) is 11.6. The van der Waals surface area contributed by atoms with E-state index in [4.69, 9.17) is 4.74 Å². The molecule has 0 atom stereocenters. The van der Waals surface area contributed by atoms with Crippen molar-refractivity contribution in [2.75, 3.05) is 13.7 Å². The van der Waals surface area contributed by atoms with Gasteiger partial charge in [-0.3, -0.25) is 0 Å². The molecule has 23 heavy (non-hydrogen) atoms. The van der Waals surface area contributed by atoms with E-state index in [2.05, 4.69) is 11.6 Å². The zero-order valence-corrected chi connectivity index (χ0v) is 14.9. The summed E-state index contributed by atoms with van der Waals surface area (Å²) in [7, 11) is -1.81. The third-order valence-electron chi connectivity index (χ3n) is 3.47. The van der Waals surface area contributed by atoms with Crippen molar-refractivity contribution in [3.63, 3.8) is 0 Å². The second-order valence-corrected chi connectivity index (χ2v) is 8.09. The van der Waals surface area contributed by atoms with Crippen LogP contribution in [0.4, 0.5) is 0 Å². The molecule has 0 saturated heterocycles. The van der Waals surface area contributed by atoms with Crippen LogP contribution in [0.25, 0.3) is 0 Å². The lowest BCUT2D eigenvalue weighted by Crippen LogP contribution is -2.24. The molecule has 1 radical (unpaired) electrons. The Labute approximate surface area is 142 Å². The molecule has 0 bridgehead atoms. The molecule has 0 aliphatic rings. The Balaban J connectivity index is 2.08. The standard InChI is InChI=1S/C17H22NO3S2/c1-3-4-5-11-18-23(19,20)17-15(10-12-22-17)13-14-6-8-16(21-2)9-7-14/h6-10,12,18H,1,3-5,11,13H2,2H3. The van der Waals surface area contributed by atoms with Gasteiger partial charge in [0.2, 0.25) is 10.0 Å². The number of hydrogen-bond acceptors (Lipinski definition) is 4. The maximum absolute atomic E-state index is 12.4. The minimum atomic E-state index is -3.44. The van der Waals surface area contributed by atoms with Gasteiger partial charge in [-0.05, 0) is 47.5 Å². The Morgan fingerprint density at radius 1 is 1.17 bits per heavy atom. The van der Waals surface area contributed by atoms with E-state index in [1.54, 1.807) is 7.11 Å². The number of rotatable bonds is 9. The molecule has 2 aromatic rings. The first kappa shape index (κ1) is 18.0. The molecule has 4 nitrogen and oxygen atoms in total. The maximum Gasteiger partial charge on any atom is 0.250 e. The van der Waals surface area contributed by atoms with Crippen molar-refractivity contribution in [3.05, 3.63) is 53.8 Å². The van der Waals surface area contributed by atoms with Crippen molar-refractivity contribution in [1.82, 2.24) is 4.72 Å². The summed E-state index contributed by atoms with van der Waals surface area (Å²) in [5.74, 6) is 0.791. The molecule has 0 aliphatic heterocycles. The molecule has 0 spiro atoms. The number of nitrogens with one attached hydrogen (secondary N) is 1. The van der Waals surface area contributed by atoms with Crippen molar-refractivity contribution < 1.29 is 13.2 Å². The molecule has 1 aromatic heterocycles. The quantitative estimate of drug-likeness (QED) is 0.701. The first-order chi connectivity index (χ1) is 11.1. The Morgan fingerprint density at radius 3 is 2.57 bits per heavy atom. The number of sulfonamides is 1. The molecular weight excluding hydrogens is 330 g/mol. The Kier molecular flexibility index (Phi) is 6.62. The molecule has 1 aromatic carbocycles. The van der Waals surface area contributed by atoms with E-state index < -0.39 is 10.0 Å². The van der Waals surface area contributed by atoms with E-state index in [0.717, 1.165) is 36.1 Å². The molecule has 0 aliphatic carbocycles. The smallest absolute Gasteiger partial charge is 0.250 e. The number of unbranched alkanes of at least 4 members (excludes halogenated alkanes) is 2. The topological polar surface area (TPSA) is 55.4 Å². The average molecular weight is 353 g/mol. The van der Waals surface area contributed by atoms with Crippen molar-refractivity contribution in [2.24, 2.45) is 0 Å². The highest BCUT2D eigenvalue weighted by atomic mass is 32.2. The highest BCUT2D eigenvalue weighted by Gasteiger charge is 2.19. The second kappa shape index (κ2) is 8.47. The predicted molar refractivity (Wildman–Crippen MR) is 94.5 cm³/mol. The largest absolute Gasteiger partial charge is 0.497 e. The first-order valence-electron chi connectivity index (χ1n) is 7.55. The summed E-state index contributed by atoms with van der Waals surface area (Å²) >= 11 is 1.26. The minimum absolute atomic E-state index is 0.406. The van der Waals surface area contributed by atoms with E-state index in [-0.39, 0.29) is 0 Å². The molecule has 6 heteroatoms. The summed E-state index contributed by atoms with van der Waals surface area (Å²) in [5.41, 5.74) is 1.88. The highest BCUT2D eigenvalue weighted by molar-refractivity contribution is 7.91. The lowest BCUT2D eigenvalue weighted by molar-refractivity contribution is 0.414. The zero-order chi connectivity index (χ0) is 16.7. The number of thiophene rings is 1. The fourth-order valence-corrected chi connectivity index (χ4v) is 4.75. The molecule has 2 rings (SSSR count). The third kappa shape index (κ3) is 5.06. The Morgan fingerprint density at radius 2 is 1.91 bits per heavy atom. The van der Waals surface area contributed by atoms with E-state index in [1.807, 2.05) is 35.7 Å². The lowest BCUT2D eigenvalue weighted by Gasteiger charge is -2.08. The summed E-state index contributed by atoms with van der Waals surface area (Å²) in [4.78, 5) is 0. The monoisotopic (exact) mass is 352 g/mol. The van der Waals surface area contributed by atoms with E-state index >= 15 is 0 Å². The van der Waals surface area contributed by atoms with Crippen molar-refractivity contribution in [2.45, 2.75) is 29.9 Å². The predicted octanol–water partition coefficient (Wildman–Crippen LogP) is 3.63. The van der Waals surface area contributed by atoms with Gasteiger partial charge in [-0.15, -0.1) is 11.3 Å². The number of ether oxygens (including phenoxy) is 1. The van der Waals surface area contributed by atoms with Crippen LogP contribution in [0.5, 0.6) is 5.75 Å². The molecule has 1 N–H and O–H groups in total. The van der Waals surface area contributed by atoms with Crippen LogP contribution in [0.1, 0.15) is 30.4 Å². The summed E-state index contributed by atoms with van der Waals surface area (Å²) < 4.78 is 33.1. The van der Waals surface area contributed by atoms with Gasteiger partial charge in [0, 0.05) is 6.54 Å². The molecule has 0 saturated carbocycles. The van der Waals surface area contributed by atoms with Crippen LogP contribution in [0.3, 0.4) is 0 Å². The first-order valence-corrected chi connectivity index (χ1v) is 9.91. The molecule has 1 heterocycles. The molecular formula is C17H22NO3S2. The SMILES string of the molecule is [CH2]CCCCNS(=O)(=O)c1sccc1Cc1ccc(OC)cc1. The van der Waals surface area contributed by atoms with Crippen LogP contribution in [0.15, 0.2) is 39.9 Å². The molecule has 0 fully saturated rings. The number of methoxy groups -OCH3 is 1. The van der Waals surface area contributed by atoms with Crippen LogP contribution in [-0.4, -0.2) is 22.1 Å². The summed E-state index contributed by atoms with van der Waals surface area (Å²) in [6, 6.07) is 9.54. The van der Waals surface area contributed by atoms with E-state index in [0.29, 0.717) is 17.2 Å². The summed E-state index contributed by atoms with van der Waals surface area (Å²) in [6.45, 7) is 4.21. The zero-order valence-electron chi connectivity index (χ0n) is 13.2. The van der Waals surface area contributed by atoms with Gasteiger partial charge in [0.25, 0.3) is 0 Å². The fraction of sp³-hybridized carbons (Fsp3) is 0.353. The van der Waals surface area contributed by atoms with E-state index in [9.17, 15) is 8.42 Å². The molecule has 125 valence electrons. The summed E-state index contributed by atoms with van der Waals surface area (Å²) in [5, 5.41) is 1.82. The average Bonchev–Trinajstić information content (AvgIpc) is 3.01. The van der Waals surface area contributed by atoms with E-state index in [1.165, 1.54) is 11.3 Å². The highest BCUT2D eigenvalue weighted by Crippen LogP contribution is 2.25. The Hall–Kier alpha value is -1.37. The van der Waals surface area contributed by atoms with Crippen molar-refractivity contribution >= 4 is 21.4 Å². The van der Waals surface area contributed by atoms with Crippen LogP contribution < -0.4 is 9.46 Å². The Bertz CT molecular complexity index is 706. The van der Waals surface area contributed by atoms with Crippen LogP contribution in [0.2, 0.25) is 0 Å².